The van der Waals surface area contributed by atoms with Crippen molar-refractivity contribution in [2.75, 3.05) is 19.4 Å². The number of benzene rings is 1. The number of rotatable bonds is 5. The fourth-order valence-electron chi connectivity index (χ4n) is 1.92. The lowest BCUT2D eigenvalue weighted by molar-refractivity contribution is -0.137. The number of aromatic amines is 2. The number of H-pyrrole nitrogens is 2. The molecule has 0 fully saturated rings. The minimum absolute atomic E-state index is 0.226. The third kappa shape index (κ3) is 3.94. The molecule has 2 aromatic rings. The van der Waals surface area contributed by atoms with Crippen molar-refractivity contribution >= 4 is 34.3 Å². The van der Waals surface area contributed by atoms with Crippen LogP contribution in [-0.2, 0) is 10.9 Å². The molecule has 0 saturated carbocycles. The number of methoxy groups -OCH3 is 1. The van der Waals surface area contributed by atoms with Crippen molar-refractivity contribution in [1.29, 1.82) is 0 Å². The number of thioether (sulfide) groups is 1. The van der Waals surface area contributed by atoms with Crippen molar-refractivity contribution < 1.29 is 27.1 Å². The maximum absolute atomic E-state index is 13.2. The van der Waals surface area contributed by atoms with Crippen molar-refractivity contribution in [3.05, 3.63) is 37.5 Å². The smallest absolute Gasteiger partial charge is 0.390 e. The third-order valence-corrected chi connectivity index (χ3v) is 4.69. The maximum atomic E-state index is 13.2. The molecule has 0 unspecified atom stereocenters. The molecular formula is C13H12ClF3N2O4S. The Morgan fingerprint density at radius 3 is 2.79 bits per heavy atom. The van der Waals surface area contributed by atoms with Crippen LogP contribution in [0.5, 0.6) is 0 Å². The Kier molecular flexibility index (Phi) is 4.43. The molecule has 2 rings (SSSR count). The lowest BCUT2D eigenvalue weighted by Gasteiger charge is -2.16. The van der Waals surface area contributed by atoms with Gasteiger partial charge in [-0.15, -0.1) is 11.8 Å². The topological polar surface area (TPSA) is 95.2 Å². The molecule has 1 atom stereocenters. The quantitative estimate of drug-likeness (QED) is 0.682. The van der Waals surface area contributed by atoms with Gasteiger partial charge < -0.3 is 14.8 Å². The van der Waals surface area contributed by atoms with Crippen molar-refractivity contribution in [2.24, 2.45) is 0 Å². The van der Waals surface area contributed by atoms with Gasteiger partial charge in [-0.2, -0.15) is 13.2 Å². The van der Waals surface area contributed by atoms with E-state index in [1.165, 1.54) is 0 Å². The van der Waals surface area contributed by atoms with E-state index in [9.17, 15) is 27.9 Å². The second-order valence-electron chi connectivity index (χ2n) is 4.67. The minimum Gasteiger partial charge on any atom is -0.390 e. The Morgan fingerprint density at radius 2 is 2.17 bits per heavy atom. The van der Waals surface area contributed by atoms with Gasteiger partial charge in [-0.25, -0.2) is 4.79 Å². The third-order valence-electron chi connectivity index (χ3n) is 2.93. The average molecular weight is 388 g/mol. The lowest BCUT2D eigenvalue weighted by atomic mass is 10.1. The van der Waals surface area contributed by atoms with E-state index in [1.54, 1.807) is 0 Å². The second kappa shape index (κ2) is 7.18. The van der Waals surface area contributed by atoms with E-state index in [1.807, 2.05) is 4.98 Å². The van der Waals surface area contributed by atoms with Crippen LogP contribution in [0.1, 0.15) is 9.68 Å². The molecule has 0 amide bonds. The molecular weight excluding hydrogens is 373 g/mol. The number of ether oxygens (including phenoxy) is 1. The van der Waals surface area contributed by atoms with E-state index < -0.39 is 53.1 Å². The number of aromatic nitrogens is 2. The maximum Gasteiger partial charge on any atom is 0.417 e. The van der Waals surface area contributed by atoms with Gasteiger partial charge in [0, 0.05) is 12.8 Å². The molecule has 1 aromatic heterocycles. The fraction of sp³-hybridized carbons (Fsp3) is 0.385. The van der Waals surface area contributed by atoms with Gasteiger partial charge in [-0.1, -0.05) is 11.6 Å². The average Bonchev–Trinajstić information content (AvgIpc) is 2.49. The highest BCUT2D eigenvalue weighted by Crippen LogP contribution is 2.42. The summed E-state index contributed by atoms with van der Waals surface area (Å²) < 4.78 is 64.7. The normalized spacial score (nSPS) is 15.8. The van der Waals surface area contributed by atoms with Crippen molar-refractivity contribution in [2.45, 2.75) is 17.2 Å². The first kappa shape index (κ1) is 14.8. The first-order valence-corrected chi connectivity index (χ1v) is 7.67. The zero-order chi connectivity index (χ0) is 20.6. The zero-order valence-electron chi connectivity index (χ0n) is 14.7. The molecule has 24 heavy (non-hydrogen) atoms. The number of halogens is 4. The van der Waals surface area contributed by atoms with Crippen LogP contribution in [0.3, 0.4) is 0 Å². The van der Waals surface area contributed by atoms with Crippen LogP contribution in [0.2, 0.25) is 5.02 Å². The summed E-state index contributed by atoms with van der Waals surface area (Å²) >= 11 is 6.45. The number of hydrogen-bond donors (Lipinski definition) is 3. The molecule has 6 nitrogen and oxygen atoms in total. The number of aliphatic hydroxyl groups is 1. The number of fused-ring (bicyclic) bond motifs is 1. The molecule has 0 aliphatic rings. The monoisotopic (exact) mass is 387 g/mol. The fourth-order valence-corrected chi connectivity index (χ4v) is 3.34. The predicted molar refractivity (Wildman–Crippen MR) is 83.8 cm³/mol. The van der Waals surface area contributed by atoms with Crippen LogP contribution in [0.15, 0.2) is 20.6 Å². The van der Waals surface area contributed by atoms with E-state index >= 15 is 0 Å². The standard InChI is InChI=1S/C13H12ClF3N2O4S/c1-23-3-5(20)4-24-10-8(14)7(13(15,16)17)2-6-9(10)18-12(22)19-11(6)21/h2,5,20H,3-4H2,1H3,(H2,18,19,21,22)/t5-/m1/s1/i1D3. The number of hydrogen-bond acceptors (Lipinski definition) is 5. The minimum atomic E-state index is -4.87. The predicted octanol–water partition coefficient (Wildman–Crippen LogP) is 1.99. The number of alkyl halides is 3. The SMILES string of the molecule is [2H]C([2H])([2H])OC[C@@H](O)CSc1c(Cl)c(C(F)(F)F)cc2c(=O)[nH]c(=O)[nH]c12. The molecule has 0 saturated heterocycles. The van der Waals surface area contributed by atoms with Crippen LogP contribution >= 0.6 is 23.4 Å². The molecule has 1 aromatic carbocycles. The Hall–Kier alpha value is -1.49. The van der Waals surface area contributed by atoms with Gasteiger partial charge in [0.05, 0.1) is 43.2 Å². The molecule has 132 valence electrons. The molecule has 11 heteroatoms. The summed E-state index contributed by atoms with van der Waals surface area (Å²) in [6, 6.07) is 0.519. The highest BCUT2D eigenvalue weighted by molar-refractivity contribution is 7.99. The van der Waals surface area contributed by atoms with Gasteiger partial charge in [-0.3, -0.25) is 9.78 Å². The van der Waals surface area contributed by atoms with Crippen LogP contribution in [0.25, 0.3) is 10.9 Å². The van der Waals surface area contributed by atoms with E-state index in [2.05, 4.69) is 9.72 Å². The molecule has 0 spiro atoms. The zero-order valence-corrected chi connectivity index (χ0v) is 13.2. The molecule has 3 N–H and O–H groups in total. The van der Waals surface area contributed by atoms with Crippen molar-refractivity contribution in [1.82, 2.24) is 9.97 Å². The molecule has 0 radical (unpaired) electrons. The van der Waals surface area contributed by atoms with Crippen LogP contribution in [-0.4, -0.2) is 40.6 Å². The van der Waals surface area contributed by atoms with Gasteiger partial charge in [0.1, 0.15) is 0 Å². The first-order valence-electron chi connectivity index (χ1n) is 7.80. The Labute approximate surface area is 146 Å². The van der Waals surface area contributed by atoms with Gasteiger partial charge in [0.2, 0.25) is 0 Å². The highest BCUT2D eigenvalue weighted by Gasteiger charge is 2.35. The van der Waals surface area contributed by atoms with Crippen LogP contribution in [0, 0.1) is 0 Å². The van der Waals surface area contributed by atoms with E-state index in [-0.39, 0.29) is 16.2 Å². The first-order chi connectivity index (χ1) is 12.3. The summed E-state index contributed by atoms with van der Waals surface area (Å²) in [5.74, 6) is -0.305. The number of nitrogens with one attached hydrogen (secondary N) is 2. The van der Waals surface area contributed by atoms with Crippen LogP contribution < -0.4 is 11.2 Å². The van der Waals surface area contributed by atoms with Gasteiger partial charge in [0.15, 0.2) is 0 Å². The Morgan fingerprint density at radius 1 is 1.46 bits per heavy atom. The highest BCUT2D eigenvalue weighted by atomic mass is 35.5. The summed E-state index contributed by atoms with van der Waals surface area (Å²) in [7, 11) is -2.75. The Bertz CT molecular complexity index is 961. The van der Waals surface area contributed by atoms with Gasteiger partial charge in [0.25, 0.3) is 5.56 Å². The van der Waals surface area contributed by atoms with Gasteiger partial charge in [-0.05, 0) is 6.07 Å². The molecule has 0 bridgehead atoms. The second-order valence-corrected chi connectivity index (χ2v) is 6.08. The largest absolute Gasteiger partial charge is 0.417 e. The number of aliphatic hydroxyl groups excluding tert-OH is 1. The van der Waals surface area contributed by atoms with Crippen molar-refractivity contribution in [3.63, 3.8) is 0 Å². The summed E-state index contributed by atoms with van der Waals surface area (Å²) in [6.45, 7) is -0.602. The van der Waals surface area contributed by atoms with Crippen LogP contribution in [0.4, 0.5) is 13.2 Å². The van der Waals surface area contributed by atoms with E-state index in [4.69, 9.17) is 15.7 Å². The summed E-state index contributed by atoms with van der Waals surface area (Å²) in [5.41, 5.74) is -3.50. The van der Waals surface area contributed by atoms with E-state index in [0.29, 0.717) is 17.8 Å². The van der Waals surface area contributed by atoms with Crippen molar-refractivity contribution in [3.8, 4) is 0 Å². The summed E-state index contributed by atoms with van der Waals surface area (Å²) in [4.78, 5) is 27.1. The molecule has 0 aliphatic heterocycles. The molecule has 0 aliphatic carbocycles. The summed E-state index contributed by atoms with van der Waals surface area (Å²) in [5, 5.41) is 8.57. The Balaban J connectivity index is 2.46. The molecule has 1 heterocycles. The van der Waals surface area contributed by atoms with Gasteiger partial charge >= 0.3 is 11.9 Å². The summed E-state index contributed by atoms with van der Waals surface area (Å²) in [6.07, 6.45) is -6.23. The van der Waals surface area contributed by atoms with E-state index in [0.717, 1.165) is 0 Å². The lowest BCUT2D eigenvalue weighted by Crippen LogP contribution is -2.23.